The van der Waals surface area contributed by atoms with E-state index in [1.807, 2.05) is 60.7 Å². The molecule has 0 radical (unpaired) electrons. The summed E-state index contributed by atoms with van der Waals surface area (Å²) in [5.74, 6) is 0. The molecule has 6 aromatic carbocycles. The molecule has 41 heavy (non-hydrogen) atoms. The van der Waals surface area contributed by atoms with Crippen LogP contribution in [0.4, 0.5) is 0 Å². The summed E-state index contributed by atoms with van der Waals surface area (Å²) in [6, 6.07) is 60.9. The van der Waals surface area contributed by atoms with Crippen molar-refractivity contribution in [1.82, 2.24) is 0 Å². The van der Waals surface area contributed by atoms with Crippen LogP contribution < -0.4 is 0 Å². The van der Waals surface area contributed by atoms with Gasteiger partial charge in [0.15, 0.2) is 0 Å². The third-order valence-electron chi connectivity index (χ3n) is 8.45. The molecule has 0 aromatic heterocycles. The summed E-state index contributed by atoms with van der Waals surface area (Å²) in [5.41, 5.74) is 7.20. The van der Waals surface area contributed by atoms with Crippen LogP contribution in [0.15, 0.2) is 176 Å². The molecule has 196 valence electrons. The second-order valence-corrected chi connectivity index (χ2v) is 10.6. The molecule has 1 nitrogen and oxygen atoms in total. The molecule has 0 saturated heterocycles. The number of fused-ring (bicyclic) bond motifs is 1. The Hall–Kier alpha value is -4.98. The molecule has 1 heteroatoms. The van der Waals surface area contributed by atoms with Gasteiger partial charge in [-0.15, -0.1) is 0 Å². The fourth-order valence-corrected chi connectivity index (χ4v) is 6.78. The van der Waals surface area contributed by atoms with E-state index in [0.29, 0.717) is 0 Å². The lowest BCUT2D eigenvalue weighted by Gasteiger charge is -2.38. The maximum Gasteiger partial charge on any atom is 0.141 e. The summed E-state index contributed by atoms with van der Waals surface area (Å²) in [7, 11) is 0. The van der Waals surface area contributed by atoms with Gasteiger partial charge >= 0.3 is 0 Å². The number of benzene rings is 6. The van der Waals surface area contributed by atoms with Crippen LogP contribution in [0.2, 0.25) is 0 Å². The van der Waals surface area contributed by atoms with Crippen LogP contribution in [0.1, 0.15) is 38.9 Å². The minimum Gasteiger partial charge on any atom is -0.376 e. The molecule has 0 aliphatic heterocycles. The normalized spacial score (nSPS) is 14.1. The molecule has 0 bridgehead atoms. The van der Waals surface area contributed by atoms with E-state index in [1.54, 1.807) is 0 Å². The monoisotopic (exact) mass is 526 g/mol. The Labute approximate surface area is 241 Å². The van der Waals surface area contributed by atoms with Crippen molar-refractivity contribution in [2.75, 3.05) is 0 Å². The number of allylic oxidation sites excluding steroid dienone is 1. The van der Waals surface area contributed by atoms with Gasteiger partial charge in [0.2, 0.25) is 0 Å². The lowest BCUT2D eigenvalue weighted by atomic mass is 9.64. The van der Waals surface area contributed by atoms with Crippen LogP contribution in [0.3, 0.4) is 0 Å². The first-order chi connectivity index (χ1) is 20.3. The van der Waals surface area contributed by atoms with Crippen LogP contribution in [0.25, 0.3) is 11.1 Å². The number of hydrogen-bond donors (Lipinski definition) is 1. The van der Waals surface area contributed by atoms with Gasteiger partial charge in [0.25, 0.3) is 0 Å². The molecule has 0 spiro atoms. The van der Waals surface area contributed by atoms with E-state index in [9.17, 15) is 5.11 Å². The second kappa shape index (κ2) is 10.2. The zero-order valence-corrected chi connectivity index (χ0v) is 22.7. The Morgan fingerprint density at radius 3 is 1.29 bits per heavy atom. The predicted octanol–water partition coefficient (Wildman–Crippen LogP) is 8.88. The van der Waals surface area contributed by atoms with Crippen molar-refractivity contribution in [3.63, 3.8) is 0 Å². The third-order valence-corrected chi connectivity index (χ3v) is 8.45. The summed E-state index contributed by atoms with van der Waals surface area (Å²) in [5, 5.41) is 13.4. The zero-order valence-electron chi connectivity index (χ0n) is 22.7. The Kier molecular flexibility index (Phi) is 6.23. The fourth-order valence-electron chi connectivity index (χ4n) is 6.78. The predicted molar refractivity (Wildman–Crippen MR) is 168 cm³/mol. The minimum atomic E-state index is -1.42. The van der Waals surface area contributed by atoms with E-state index >= 15 is 0 Å². The first kappa shape index (κ1) is 25.0. The van der Waals surface area contributed by atoms with Crippen molar-refractivity contribution >= 4 is 11.1 Å². The fraction of sp³-hybridized carbons (Fsp3) is 0.0500. The minimum absolute atomic E-state index is 0.659. The lowest BCUT2D eigenvalue weighted by Crippen LogP contribution is -2.32. The number of rotatable bonds is 6. The molecular formula is C40H30O. The van der Waals surface area contributed by atoms with Gasteiger partial charge in [-0.2, -0.15) is 0 Å². The van der Waals surface area contributed by atoms with E-state index < -0.39 is 11.0 Å². The van der Waals surface area contributed by atoms with E-state index in [-0.39, 0.29) is 0 Å². The summed E-state index contributed by atoms with van der Waals surface area (Å²) in [6.07, 6.45) is 0. The lowest BCUT2D eigenvalue weighted by molar-refractivity contribution is 0.146. The highest BCUT2D eigenvalue weighted by atomic mass is 16.3. The molecule has 0 atom stereocenters. The highest BCUT2D eigenvalue weighted by Gasteiger charge is 2.53. The maximum absolute atomic E-state index is 13.4. The van der Waals surface area contributed by atoms with Crippen LogP contribution in [0.5, 0.6) is 0 Å². The van der Waals surface area contributed by atoms with E-state index in [1.165, 1.54) is 0 Å². The number of aliphatic hydroxyl groups is 1. The third kappa shape index (κ3) is 3.82. The molecule has 6 aromatic rings. The van der Waals surface area contributed by atoms with E-state index in [4.69, 9.17) is 0 Å². The largest absolute Gasteiger partial charge is 0.376 e. The molecule has 1 aliphatic carbocycles. The van der Waals surface area contributed by atoms with Crippen LogP contribution >= 0.6 is 0 Å². The van der Waals surface area contributed by atoms with Gasteiger partial charge in [0.1, 0.15) is 5.60 Å². The smallest absolute Gasteiger partial charge is 0.141 e. The molecular weight excluding hydrogens is 496 g/mol. The van der Waals surface area contributed by atoms with Crippen LogP contribution in [0, 0.1) is 0 Å². The highest BCUT2D eigenvalue weighted by molar-refractivity contribution is 6.09. The Morgan fingerprint density at radius 2 is 0.805 bits per heavy atom. The van der Waals surface area contributed by atoms with Gasteiger partial charge in [-0.3, -0.25) is 0 Å². The molecule has 1 aliphatic rings. The zero-order chi connectivity index (χ0) is 27.7. The van der Waals surface area contributed by atoms with Crippen molar-refractivity contribution in [2.24, 2.45) is 0 Å². The van der Waals surface area contributed by atoms with Crippen molar-refractivity contribution in [2.45, 2.75) is 11.0 Å². The average molecular weight is 527 g/mol. The Balaban J connectivity index is 1.73. The molecule has 0 fully saturated rings. The molecule has 0 saturated carbocycles. The van der Waals surface area contributed by atoms with Crippen LogP contribution in [-0.4, -0.2) is 5.11 Å². The van der Waals surface area contributed by atoms with Gasteiger partial charge in [-0.25, -0.2) is 0 Å². The summed E-state index contributed by atoms with van der Waals surface area (Å²) >= 11 is 0. The van der Waals surface area contributed by atoms with E-state index in [0.717, 1.165) is 50.1 Å². The first-order valence-electron chi connectivity index (χ1n) is 14.1. The average Bonchev–Trinajstić information content (AvgIpc) is 3.39. The van der Waals surface area contributed by atoms with Gasteiger partial charge in [-0.05, 0) is 44.5 Å². The molecule has 1 N–H and O–H groups in total. The van der Waals surface area contributed by atoms with Gasteiger partial charge in [0, 0.05) is 5.57 Å². The van der Waals surface area contributed by atoms with Gasteiger partial charge < -0.3 is 5.11 Å². The standard InChI is InChI=1S/C40H30O/c41-40(33-24-12-4-13-25-33,34-26-14-5-15-27-34)38-35-28-16-17-29-36(35)39(31-20-8-2-9-21-31,32-22-10-3-11-23-32)37(38)30-18-6-1-7-19-30/h1-29,41H. The summed E-state index contributed by atoms with van der Waals surface area (Å²) in [4.78, 5) is 0. The number of hydrogen-bond acceptors (Lipinski definition) is 1. The molecule has 0 amide bonds. The molecule has 7 rings (SSSR count). The van der Waals surface area contributed by atoms with E-state index in [2.05, 4.69) is 115 Å². The van der Waals surface area contributed by atoms with Crippen molar-refractivity contribution in [3.05, 3.63) is 215 Å². The van der Waals surface area contributed by atoms with Gasteiger partial charge in [0.05, 0.1) is 5.41 Å². The SMILES string of the molecule is OC(C1=C(c2ccccc2)C(c2ccccc2)(c2ccccc2)c2ccccc21)(c1ccccc1)c1ccccc1. The maximum atomic E-state index is 13.4. The van der Waals surface area contributed by atoms with Crippen molar-refractivity contribution < 1.29 is 5.11 Å². The second-order valence-electron chi connectivity index (χ2n) is 10.6. The Bertz CT molecular complexity index is 1730. The van der Waals surface area contributed by atoms with Crippen LogP contribution in [-0.2, 0) is 11.0 Å². The van der Waals surface area contributed by atoms with Crippen molar-refractivity contribution in [3.8, 4) is 0 Å². The van der Waals surface area contributed by atoms with Crippen molar-refractivity contribution in [1.29, 1.82) is 0 Å². The molecule has 0 unspecified atom stereocenters. The summed E-state index contributed by atoms with van der Waals surface area (Å²) in [6.45, 7) is 0. The highest BCUT2D eigenvalue weighted by Crippen LogP contribution is 2.62. The first-order valence-corrected chi connectivity index (χ1v) is 14.1. The van der Waals surface area contributed by atoms with Gasteiger partial charge in [-0.1, -0.05) is 176 Å². The quantitative estimate of drug-likeness (QED) is 0.230. The summed E-state index contributed by atoms with van der Waals surface area (Å²) < 4.78 is 0. The Morgan fingerprint density at radius 1 is 0.415 bits per heavy atom. The topological polar surface area (TPSA) is 20.2 Å². The molecule has 0 heterocycles.